The van der Waals surface area contributed by atoms with Crippen LogP contribution in [0, 0.1) is 0 Å². The molecule has 0 fully saturated rings. The number of aliphatic hydroxyl groups is 1. The van der Waals surface area contributed by atoms with E-state index in [1.807, 2.05) is 45.0 Å². The summed E-state index contributed by atoms with van der Waals surface area (Å²) >= 11 is 0. The average Bonchev–Trinajstić information content (AvgIpc) is 2.34. The monoisotopic (exact) mass is 263 g/mol. The van der Waals surface area contributed by atoms with Crippen molar-refractivity contribution in [3.05, 3.63) is 42.0 Å². The molecule has 0 unspecified atom stereocenters. The normalized spacial score (nSPS) is 10.9. The second-order valence-corrected chi connectivity index (χ2v) is 5.32. The number of benzene rings is 1. The highest BCUT2D eigenvalue weighted by Gasteiger charge is 2.15. The molecule has 0 aromatic heterocycles. The van der Waals surface area contributed by atoms with E-state index in [0.29, 0.717) is 12.1 Å². The van der Waals surface area contributed by atoms with Crippen molar-refractivity contribution in [1.82, 2.24) is 5.32 Å². The zero-order chi connectivity index (χ0) is 14.5. The lowest BCUT2D eigenvalue weighted by molar-refractivity contribution is 0.0523. The van der Waals surface area contributed by atoms with E-state index in [9.17, 15) is 4.79 Å². The maximum Gasteiger partial charge on any atom is 0.407 e. The third-order valence-electron chi connectivity index (χ3n) is 2.36. The highest BCUT2D eigenvalue weighted by molar-refractivity contribution is 5.68. The Morgan fingerprint density at radius 2 is 2.11 bits per heavy atom. The summed E-state index contributed by atoms with van der Waals surface area (Å²) < 4.78 is 5.15. The number of ether oxygens (including phenoxy) is 1. The lowest BCUT2D eigenvalue weighted by Crippen LogP contribution is -2.32. The van der Waals surface area contributed by atoms with E-state index in [-0.39, 0.29) is 6.61 Å². The van der Waals surface area contributed by atoms with Gasteiger partial charge in [0.05, 0.1) is 6.61 Å². The standard InChI is InChI=1S/C15H21NO3/c1-11(10-17)13-7-5-6-12(8-13)9-16-14(18)19-15(2,3)4/h5-8,17H,1,9-10H2,2-4H3,(H,16,18). The number of rotatable bonds is 4. The van der Waals surface area contributed by atoms with Crippen molar-refractivity contribution in [2.75, 3.05) is 6.61 Å². The van der Waals surface area contributed by atoms with Gasteiger partial charge in [0.2, 0.25) is 0 Å². The van der Waals surface area contributed by atoms with Crippen molar-refractivity contribution in [2.45, 2.75) is 32.9 Å². The van der Waals surface area contributed by atoms with E-state index in [1.165, 1.54) is 0 Å². The van der Waals surface area contributed by atoms with Gasteiger partial charge in [-0.3, -0.25) is 0 Å². The highest BCUT2D eigenvalue weighted by atomic mass is 16.6. The van der Waals surface area contributed by atoms with Crippen LogP contribution in [-0.2, 0) is 11.3 Å². The van der Waals surface area contributed by atoms with E-state index in [1.54, 1.807) is 0 Å². The maximum absolute atomic E-state index is 11.5. The third kappa shape index (κ3) is 5.57. The zero-order valence-corrected chi connectivity index (χ0v) is 11.7. The second-order valence-electron chi connectivity index (χ2n) is 5.32. The van der Waals surface area contributed by atoms with Crippen LogP contribution in [0.1, 0.15) is 31.9 Å². The van der Waals surface area contributed by atoms with Gasteiger partial charge >= 0.3 is 6.09 Å². The summed E-state index contributed by atoms with van der Waals surface area (Å²) in [7, 11) is 0. The zero-order valence-electron chi connectivity index (χ0n) is 11.7. The molecule has 104 valence electrons. The highest BCUT2D eigenvalue weighted by Crippen LogP contribution is 2.13. The third-order valence-corrected chi connectivity index (χ3v) is 2.36. The largest absolute Gasteiger partial charge is 0.444 e. The molecule has 1 rings (SSSR count). The SMILES string of the molecule is C=C(CO)c1cccc(CNC(=O)OC(C)(C)C)c1. The van der Waals surface area contributed by atoms with Gasteiger partial charge in [-0.1, -0.05) is 24.8 Å². The predicted molar refractivity (Wildman–Crippen MR) is 75.6 cm³/mol. The fraction of sp³-hybridized carbons (Fsp3) is 0.400. The Kier molecular flexibility index (Phi) is 5.12. The van der Waals surface area contributed by atoms with Crippen LogP contribution < -0.4 is 5.32 Å². The first-order valence-electron chi connectivity index (χ1n) is 6.16. The minimum atomic E-state index is -0.503. The molecule has 1 aromatic rings. The first-order valence-corrected chi connectivity index (χ1v) is 6.16. The molecule has 0 aliphatic heterocycles. The number of alkyl carbamates (subject to hydrolysis) is 1. The van der Waals surface area contributed by atoms with Gasteiger partial charge in [0.25, 0.3) is 0 Å². The summed E-state index contributed by atoms with van der Waals surface area (Å²) in [5.74, 6) is 0. The minimum Gasteiger partial charge on any atom is -0.444 e. The van der Waals surface area contributed by atoms with Crippen LogP contribution in [0.5, 0.6) is 0 Å². The Morgan fingerprint density at radius 3 is 2.68 bits per heavy atom. The van der Waals surface area contributed by atoms with Gasteiger partial charge in [-0.25, -0.2) is 4.79 Å². The van der Waals surface area contributed by atoms with Gasteiger partial charge in [-0.05, 0) is 43.5 Å². The van der Waals surface area contributed by atoms with E-state index < -0.39 is 11.7 Å². The molecule has 0 saturated heterocycles. The summed E-state index contributed by atoms with van der Waals surface area (Å²) in [5.41, 5.74) is 1.94. The van der Waals surface area contributed by atoms with Crippen LogP contribution in [0.25, 0.3) is 5.57 Å². The van der Waals surface area contributed by atoms with Gasteiger partial charge in [0.1, 0.15) is 5.60 Å². The summed E-state index contributed by atoms with van der Waals surface area (Å²) in [4.78, 5) is 11.5. The lowest BCUT2D eigenvalue weighted by atomic mass is 10.1. The summed E-state index contributed by atoms with van der Waals surface area (Å²) in [5, 5.41) is 11.7. The Balaban J connectivity index is 2.59. The maximum atomic E-state index is 11.5. The number of nitrogens with one attached hydrogen (secondary N) is 1. The van der Waals surface area contributed by atoms with Crippen LogP contribution in [0.3, 0.4) is 0 Å². The molecular formula is C15H21NO3. The predicted octanol–water partition coefficient (Wildman–Crippen LogP) is 2.72. The van der Waals surface area contributed by atoms with E-state index in [2.05, 4.69) is 11.9 Å². The van der Waals surface area contributed by atoms with E-state index in [0.717, 1.165) is 11.1 Å². The number of hydrogen-bond donors (Lipinski definition) is 2. The molecule has 0 atom stereocenters. The van der Waals surface area contributed by atoms with E-state index in [4.69, 9.17) is 9.84 Å². The molecule has 0 bridgehead atoms. The molecule has 0 spiro atoms. The molecule has 0 radical (unpaired) electrons. The molecule has 0 aliphatic rings. The molecule has 4 heteroatoms. The molecule has 19 heavy (non-hydrogen) atoms. The van der Waals surface area contributed by atoms with Crippen LogP contribution in [-0.4, -0.2) is 23.4 Å². The minimum absolute atomic E-state index is 0.0804. The molecule has 4 nitrogen and oxygen atoms in total. The van der Waals surface area contributed by atoms with Gasteiger partial charge in [0, 0.05) is 6.54 Å². The number of carbonyl (C=O) groups is 1. The molecular weight excluding hydrogens is 242 g/mol. The molecule has 1 aromatic carbocycles. The fourth-order valence-corrected chi connectivity index (χ4v) is 1.48. The second kappa shape index (κ2) is 6.38. The van der Waals surface area contributed by atoms with Crippen molar-refractivity contribution in [3.63, 3.8) is 0 Å². The van der Waals surface area contributed by atoms with Gasteiger partial charge in [-0.2, -0.15) is 0 Å². The number of carbonyl (C=O) groups excluding carboxylic acids is 1. The van der Waals surface area contributed by atoms with Crippen LogP contribution in [0.15, 0.2) is 30.8 Å². The average molecular weight is 263 g/mol. The summed E-state index contributed by atoms with van der Waals surface area (Å²) in [6, 6.07) is 7.51. The lowest BCUT2D eigenvalue weighted by Gasteiger charge is -2.19. The van der Waals surface area contributed by atoms with Crippen molar-refractivity contribution < 1.29 is 14.6 Å². The Labute approximate surface area is 114 Å². The van der Waals surface area contributed by atoms with Gasteiger partial charge < -0.3 is 15.2 Å². The number of hydrogen-bond acceptors (Lipinski definition) is 3. The van der Waals surface area contributed by atoms with Crippen molar-refractivity contribution in [3.8, 4) is 0 Å². The Morgan fingerprint density at radius 1 is 1.42 bits per heavy atom. The number of aliphatic hydroxyl groups excluding tert-OH is 1. The quantitative estimate of drug-likeness (QED) is 0.878. The Bertz CT molecular complexity index is 461. The number of amides is 1. The van der Waals surface area contributed by atoms with Crippen molar-refractivity contribution in [2.24, 2.45) is 0 Å². The van der Waals surface area contributed by atoms with Gasteiger partial charge in [-0.15, -0.1) is 0 Å². The summed E-state index contributed by atoms with van der Waals surface area (Å²) in [6.07, 6.45) is -0.445. The molecule has 0 saturated carbocycles. The molecule has 2 N–H and O–H groups in total. The van der Waals surface area contributed by atoms with Crippen LogP contribution >= 0.6 is 0 Å². The van der Waals surface area contributed by atoms with E-state index >= 15 is 0 Å². The van der Waals surface area contributed by atoms with Crippen molar-refractivity contribution >= 4 is 11.7 Å². The fourth-order valence-electron chi connectivity index (χ4n) is 1.48. The van der Waals surface area contributed by atoms with Crippen LogP contribution in [0.2, 0.25) is 0 Å². The molecule has 0 aliphatic carbocycles. The van der Waals surface area contributed by atoms with Crippen molar-refractivity contribution in [1.29, 1.82) is 0 Å². The molecule has 1 amide bonds. The first-order chi connectivity index (χ1) is 8.81. The smallest absolute Gasteiger partial charge is 0.407 e. The topological polar surface area (TPSA) is 58.6 Å². The summed E-state index contributed by atoms with van der Waals surface area (Å²) in [6.45, 7) is 9.52. The van der Waals surface area contributed by atoms with Gasteiger partial charge in [0.15, 0.2) is 0 Å². The first kappa shape index (κ1) is 15.2. The Hall–Kier alpha value is -1.81. The molecule has 0 heterocycles. The van der Waals surface area contributed by atoms with Crippen LogP contribution in [0.4, 0.5) is 4.79 Å².